The molecule has 0 aromatic heterocycles. The average molecular weight is 414 g/mol. The molecule has 0 atom stereocenters. The van der Waals surface area contributed by atoms with Gasteiger partial charge in [-0.1, -0.05) is 46.9 Å². The number of esters is 1. The van der Waals surface area contributed by atoms with Gasteiger partial charge < -0.3 is 9.47 Å². The van der Waals surface area contributed by atoms with Gasteiger partial charge in [0.1, 0.15) is 5.75 Å². The maximum absolute atomic E-state index is 12.3. The predicted octanol–water partition coefficient (Wildman–Crippen LogP) is 5.48. The third-order valence-electron chi connectivity index (χ3n) is 3.23. The molecule has 0 spiro atoms. The van der Waals surface area contributed by atoms with Crippen LogP contribution in [0.4, 0.5) is 0 Å². The zero-order chi connectivity index (χ0) is 19.1. The molecule has 0 aliphatic heterocycles. The summed E-state index contributed by atoms with van der Waals surface area (Å²) in [6, 6.07) is 9.77. The lowest BCUT2D eigenvalue weighted by molar-refractivity contribution is -0.145. The molecule has 7 heteroatoms. The lowest BCUT2D eigenvalue weighted by Gasteiger charge is -2.11. The van der Waals surface area contributed by atoms with Gasteiger partial charge in [0.25, 0.3) is 0 Å². The standard InChI is InChI=1S/C19H15Cl3O4/c1-2-25-18(24)11-26-19-12(9-13(20)10-16(19)22)7-8-17(23)14-5-3-4-6-15(14)21/h3-10H,2,11H2,1H3/b8-7+. The van der Waals surface area contributed by atoms with Crippen molar-refractivity contribution in [2.45, 2.75) is 6.92 Å². The second kappa shape index (κ2) is 9.62. The van der Waals surface area contributed by atoms with E-state index in [9.17, 15) is 9.59 Å². The van der Waals surface area contributed by atoms with E-state index in [1.807, 2.05) is 0 Å². The van der Waals surface area contributed by atoms with Gasteiger partial charge in [0, 0.05) is 16.1 Å². The molecule has 0 aliphatic rings. The Morgan fingerprint density at radius 3 is 2.50 bits per heavy atom. The van der Waals surface area contributed by atoms with E-state index >= 15 is 0 Å². The van der Waals surface area contributed by atoms with E-state index in [0.717, 1.165) is 0 Å². The summed E-state index contributed by atoms with van der Waals surface area (Å²) in [5, 5.41) is 0.931. The molecule has 136 valence electrons. The summed E-state index contributed by atoms with van der Waals surface area (Å²) in [4.78, 5) is 23.8. The van der Waals surface area contributed by atoms with E-state index in [2.05, 4.69) is 0 Å². The van der Waals surface area contributed by atoms with Crippen LogP contribution in [0, 0.1) is 0 Å². The van der Waals surface area contributed by atoms with Crippen LogP contribution in [0.25, 0.3) is 6.08 Å². The SMILES string of the molecule is CCOC(=O)COc1c(Cl)cc(Cl)cc1/C=C/C(=O)c1ccccc1Cl. The summed E-state index contributed by atoms with van der Waals surface area (Å²) in [7, 11) is 0. The molecule has 0 amide bonds. The summed E-state index contributed by atoms with van der Waals surface area (Å²) >= 11 is 18.2. The Balaban J connectivity index is 2.26. The zero-order valence-corrected chi connectivity index (χ0v) is 16.1. The van der Waals surface area contributed by atoms with E-state index in [1.54, 1.807) is 37.3 Å². The highest BCUT2D eigenvalue weighted by Gasteiger charge is 2.13. The summed E-state index contributed by atoms with van der Waals surface area (Å²) < 4.78 is 10.3. The average Bonchev–Trinajstić information content (AvgIpc) is 2.59. The van der Waals surface area contributed by atoms with Crippen molar-refractivity contribution in [1.29, 1.82) is 0 Å². The molecule has 26 heavy (non-hydrogen) atoms. The second-order valence-corrected chi connectivity index (χ2v) is 6.33. The first-order valence-corrected chi connectivity index (χ1v) is 8.80. The minimum atomic E-state index is -0.527. The summed E-state index contributed by atoms with van der Waals surface area (Å²) in [5.74, 6) is -0.587. The van der Waals surface area contributed by atoms with Crippen molar-refractivity contribution in [3.63, 3.8) is 0 Å². The topological polar surface area (TPSA) is 52.6 Å². The number of hydrogen-bond donors (Lipinski definition) is 0. The molecule has 4 nitrogen and oxygen atoms in total. The quantitative estimate of drug-likeness (QED) is 0.342. The Bertz CT molecular complexity index is 847. The van der Waals surface area contributed by atoms with Crippen molar-refractivity contribution in [3.05, 3.63) is 68.7 Å². The zero-order valence-electron chi connectivity index (χ0n) is 13.8. The molecule has 0 heterocycles. The van der Waals surface area contributed by atoms with Crippen LogP contribution in [0.1, 0.15) is 22.8 Å². The lowest BCUT2D eigenvalue weighted by Crippen LogP contribution is -2.15. The number of benzene rings is 2. The minimum absolute atomic E-state index is 0.214. The van der Waals surface area contributed by atoms with Gasteiger partial charge in [-0.15, -0.1) is 0 Å². The van der Waals surface area contributed by atoms with Crippen LogP contribution in [-0.4, -0.2) is 25.0 Å². The van der Waals surface area contributed by atoms with Crippen molar-refractivity contribution >= 4 is 52.6 Å². The van der Waals surface area contributed by atoms with Crippen molar-refractivity contribution in [3.8, 4) is 5.75 Å². The van der Waals surface area contributed by atoms with Crippen LogP contribution in [0.3, 0.4) is 0 Å². The fourth-order valence-electron chi connectivity index (χ4n) is 2.11. The Morgan fingerprint density at radius 1 is 1.08 bits per heavy atom. The van der Waals surface area contributed by atoms with E-state index < -0.39 is 5.97 Å². The van der Waals surface area contributed by atoms with E-state index in [4.69, 9.17) is 44.3 Å². The van der Waals surface area contributed by atoms with Gasteiger partial charge in [-0.3, -0.25) is 4.79 Å². The van der Waals surface area contributed by atoms with Gasteiger partial charge in [-0.2, -0.15) is 0 Å². The van der Waals surface area contributed by atoms with Crippen LogP contribution < -0.4 is 4.74 Å². The summed E-state index contributed by atoms with van der Waals surface area (Å²) in [6.45, 7) is 1.63. The molecule has 0 N–H and O–H groups in total. The van der Waals surface area contributed by atoms with Crippen LogP contribution in [-0.2, 0) is 9.53 Å². The maximum atomic E-state index is 12.3. The minimum Gasteiger partial charge on any atom is -0.480 e. The molecule has 2 rings (SSSR count). The molecule has 0 saturated carbocycles. The first-order chi connectivity index (χ1) is 12.4. The number of allylic oxidation sites excluding steroid dienone is 1. The molecule has 0 radical (unpaired) electrons. The first-order valence-electron chi connectivity index (χ1n) is 7.66. The molecule has 0 aliphatic carbocycles. The van der Waals surface area contributed by atoms with E-state index in [-0.39, 0.29) is 29.8 Å². The Morgan fingerprint density at radius 2 is 1.81 bits per heavy atom. The third kappa shape index (κ3) is 5.49. The molecule has 0 bridgehead atoms. The first kappa shape index (κ1) is 20.3. The van der Waals surface area contributed by atoms with Crippen molar-refractivity contribution < 1.29 is 19.1 Å². The van der Waals surface area contributed by atoms with Crippen LogP contribution in [0.15, 0.2) is 42.5 Å². The predicted molar refractivity (Wildman–Crippen MR) is 103 cm³/mol. The Hall–Kier alpha value is -2.01. The highest BCUT2D eigenvalue weighted by molar-refractivity contribution is 6.36. The van der Waals surface area contributed by atoms with Gasteiger partial charge in [-0.25, -0.2) is 4.79 Å². The molecule has 0 unspecified atom stereocenters. The monoisotopic (exact) mass is 412 g/mol. The van der Waals surface area contributed by atoms with Gasteiger partial charge >= 0.3 is 5.97 Å². The summed E-state index contributed by atoms with van der Waals surface area (Å²) in [6.07, 6.45) is 2.84. The maximum Gasteiger partial charge on any atom is 0.344 e. The number of ketones is 1. The molecule has 2 aromatic carbocycles. The number of carbonyl (C=O) groups excluding carboxylic acids is 2. The van der Waals surface area contributed by atoms with Crippen molar-refractivity contribution in [2.24, 2.45) is 0 Å². The molecular weight excluding hydrogens is 399 g/mol. The number of hydrogen-bond acceptors (Lipinski definition) is 4. The number of halogens is 3. The highest BCUT2D eigenvalue weighted by atomic mass is 35.5. The van der Waals surface area contributed by atoms with Crippen LogP contribution in [0.2, 0.25) is 15.1 Å². The van der Waals surface area contributed by atoms with Gasteiger partial charge in [0.05, 0.1) is 16.7 Å². The third-order valence-corrected chi connectivity index (χ3v) is 4.06. The molecule has 2 aromatic rings. The Labute approximate surface area is 166 Å². The Kier molecular flexibility index (Phi) is 7.51. The van der Waals surface area contributed by atoms with Crippen molar-refractivity contribution in [2.75, 3.05) is 13.2 Å². The number of carbonyl (C=O) groups is 2. The van der Waals surface area contributed by atoms with E-state index in [1.165, 1.54) is 18.2 Å². The van der Waals surface area contributed by atoms with Crippen LogP contribution in [0.5, 0.6) is 5.75 Å². The van der Waals surface area contributed by atoms with Gasteiger partial charge in [0.2, 0.25) is 0 Å². The number of ether oxygens (including phenoxy) is 2. The van der Waals surface area contributed by atoms with Crippen LogP contribution >= 0.6 is 34.8 Å². The van der Waals surface area contributed by atoms with Gasteiger partial charge in [-0.05, 0) is 43.3 Å². The number of rotatable bonds is 7. The molecule has 0 fully saturated rings. The summed E-state index contributed by atoms with van der Waals surface area (Å²) in [5.41, 5.74) is 0.819. The normalized spacial score (nSPS) is 10.8. The largest absolute Gasteiger partial charge is 0.480 e. The smallest absolute Gasteiger partial charge is 0.344 e. The van der Waals surface area contributed by atoms with Gasteiger partial charge in [0.15, 0.2) is 12.4 Å². The molecule has 0 saturated heterocycles. The fraction of sp³-hybridized carbons (Fsp3) is 0.158. The lowest BCUT2D eigenvalue weighted by atomic mass is 10.1. The fourth-order valence-corrected chi connectivity index (χ4v) is 2.90. The second-order valence-electron chi connectivity index (χ2n) is 5.08. The van der Waals surface area contributed by atoms with E-state index in [0.29, 0.717) is 21.2 Å². The molecular formula is C19H15Cl3O4. The van der Waals surface area contributed by atoms with Crippen molar-refractivity contribution in [1.82, 2.24) is 0 Å². The highest BCUT2D eigenvalue weighted by Crippen LogP contribution is 2.33.